The molecule has 0 radical (unpaired) electrons. The van der Waals surface area contributed by atoms with Gasteiger partial charge in [0, 0.05) is 44.0 Å². The summed E-state index contributed by atoms with van der Waals surface area (Å²) >= 11 is 1.84. The van der Waals surface area contributed by atoms with Crippen molar-refractivity contribution in [1.29, 1.82) is 0 Å². The Morgan fingerprint density at radius 1 is 1.55 bits per heavy atom. The maximum Gasteiger partial charge on any atom is 0.248 e. The van der Waals surface area contributed by atoms with Gasteiger partial charge in [-0.3, -0.25) is 9.69 Å². The first-order chi connectivity index (χ1) is 10.6. The number of nitrogens with zero attached hydrogens (tertiary/aromatic N) is 2. The summed E-state index contributed by atoms with van der Waals surface area (Å²) in [4.78, 5) is 17.3. The van der Waals surface area contributed by atoms with Crippen molar-refractivity contribution in [1.82, 2.24) is 9.80 Å². The molecular weight excluding hydrogens is 296 g/mol. The van der Waals surface area contributed by atoms with E-state index in [9.17, 15) is 4.79 Å². The lowest BCUT2D eigenvalue weighted by Gasteiger charge is -2.29. The second-order valence-corrected chi connectivity index (χ2v) is 8.01. The van der Waals surface area contributed by atoms with Gasteiger partial charge in [-0.15, -0.1) is 11.3 Å². The summed E-state index contributed by atoms with van der Waals surface area (Å²) in [6, 6.07) is 4.35. The highest BCUT2D eigenvalue weighted by atomic mass is 32.1. The number of hydrogen-bond acceptors (Lipinski definition) is 4. The number of thiophene rings is 1. The van der Waals surface area contributed by atoms with Crippen LogP contribution < -0.4 is 0 Å². The van der Waals surface area contributed by atoms with Crippen LogP contribution in [0, 0.1) is 11.3 Å². The molecular formula is C17H26N2O2S. The smallest absolute Gasteiger partial charge is 0.248 e. The summed E-state index contributed by atoms with van der Waals surface area (Å²) in [7, 11) is 3.56. The van der Waals surface area contributed by atoms with Crippen molar-refractivity contribution < 1.29 is 9.53 Å². The summed E-state index contributed by atoms with van der Waals surface area (Å²) in [6.07, 6.45) is 3.86. The zero-order valence-electron chi connectivity index (χ0n) is 13.6. The normalized spacial score (nSPS) is 28.0. The topological polar surface area (TPSA) is 32.8 Å². The lowest BCUT2D eigenvalue weighted by Crippen LogP contribution is -2.34. The molecule has 122 valence electrons. The highest BCUT2D eigenvalue weighted by Crippen LogP contribution is 2.49. The Balaban J connectivity index is 1.55. The zero-order valence-corrected chi connectivity index (χ0v) is 14.4. The van der Waals surface area contributed by atoms with Crippen molar-refractivity contribution in [2.75, 3.05) is 40.4 Å². The van der Waals surface area contributed by atoms with E-state index in [0.29, 0.717) is 0 Å². The van der Waals surface area contributed by atoms with Gasteiger partial charge < -0.3 is 9.64 Å². The number of ether oxygens (including phenoxy) is 1. The van der Waals surface area contributed by atoms with E-state index < -0.39 is 0 Å². The molecule has 3 rings (SSSR count). The largest absolute Gasteiger partial charge is 0.371 e. The molecule has 0 N–H and O–H groups in total. The predicted molar refractivity (Wildman–Crippen MR) is 88.9 cm³/mol. The Kier molecular flexibility index (Phi) is 4.85. The molecule has 4 nitrogen and oxygen atoms in total. The summed E-state index contributed by atoms with van der Waals surface area (Å²) in [5, 5.41) is 2.15. The molecule has 2 fully saturated rings. The summed E-state index contributed by atoms with van der Waals surface area (Å²) in [6.45, 7) is 4.31. The molecule has 1 saturated heterocycles. The molecule has 1 aromatic heterocycles. The van der Waals surface area contributed by atoms with E-state index in [1.54, 1.807) is 19.0 Å². The third-order valence-electron chi connectivity index (χ3n) is 5.18. The van der Waals surface area contributed by atoms with Crippen molar-refractivity contribution in [3.8, 4) is 0 Å². The summed E-state index contributed by atoms with van der Waals surface area (Å²) in [5.41, 5.74) is 0.282. The molecule has 22 heavy (non-hydrogen) atoms. The lowest BCUT2D eigenvalue weighted by atomic mass is 9.82. The summed E-state index contributed by atoms with van der Waals surface area (Å²) in [5.74, 6) is 0.793. The van der Waals surface area contributed by atoms with Crippen molar-refractivity contribution >= 4 is 17.2 Å². The Hall–Kier alpha value is -0.910. The first-order valence-corrected chi connectivity index (χ1v) is 9.00. The highest BCUT2D eigenvalue weighted by Gasteiger charge is 2.49. The van der Waals surface area contributed by atoms with Crippen LogP contribution in [-0.4, -0.2) is 56.1 Å². The Labute approximate surface area is 137 Å². The molecule has 1 aliphatic carbocycles. The maximum atomic E-state index is 11.7. The van der Waals surface area contributed by atoms with Crippen molar-refractivity contribution in [2.24, 2.45) is 11.3 Å². The number of likely N-dealkylation sites (N-methyl/N-ethyl adjacent to an activating group) is 1. The van der Waals surface area contributed by atoms with Gasteiger partial charge in [-0.2, -0.15) is 0 Å². The molecule has 1 saturated carbocycles. The van der Waals surface area contributed by atoms with Crippen molar-refractivity contribution in [2.45, 2.75) is 25.8 Å². The number of rotatable bonds is 6. The van der Waals surface area contributed by atoms with Gasteiger partial charge in [-0.1, -0.05) is 12.5 Å². The van der Waals surface area contributed by atoms with Gasteiger partial charge in [0.1, 0.15) is 6.61 Å². The second-order valence-electron chi connectivity index (χ2n) is 6.98. The first kappa shape index (κ1) is 16.0. The third-order valence-corrected chi connectivity index (χ3v) is 6.04. The van der Waals surface area contributed by atoms with Gasteiger partial charge in [0.2, 0.25) is 5.91 Å². The first-order valence-electron chi connectivity index (χ1n) is 8.12. The predicted octanol–water partition coefficient (Wildman–Crippen LogP) is 2.45. The molecule has 1 amide bonds. The van der Waals surface area contributed by atoms with Crippen LogP contribution in [0.15, 0.2) is 17.5 Å². The Bertz CT molecular complexity index is 503. The van der Waals surface area contributed by atoms with Crippen LogP contribution in [0.1, 0.15) is 24.1 Å². The summed E-state index contributed by atoms with van der Waals surface area (Å²) < 4.78 is 5.81. The number of carbonyl (C=O) groups is 1. The third kappa shape index (κ3) is 3.36. The Morgan fingerprint density at radius 3 is 3.14 bits per heavy atom. The molecule has 1 aromatic rings. The van der Waals surface area contributed by atoms with E-state index in [-0.39, 0.29) is 17.9 Å². The molecule has 0 unspecified atom stereocenters. The minimum Gasteiger partial charge on any atom is -0.371 e. The van der Waals surface area contributed by atoms with Crippen LogP contribution in [0.5, 0.6) is 0 Å². The van der Waals surface area contributed by atoms with Crippen LogP contribution in [0.3, 0.4) is 0 Å². The van der Waals surface area contributed by atoms with Gasteiger partial charge >= 0.3 is 0 Å². The molecule has 0 bridgehead atoms. The van der Waals surface area contributed by atoms with Crippen LogP contribution >= 0.6 is 11.3 Å². The zero-order chi connectivity index (χ0) is 15.6. The van der Waals surface area contributed by atoms with Gasteiger partial charge in [0.05, 0.1) is 6.61 Å². The van der Waals surface area contributed by atoms with Crippen LogP contribution in [0.25, 0.3) is 0 Å². The number of likely N-dealkylation sites (tertiary alicyclic amines) is 1. The molecule has 1 aliphatic heterocycles. The fourth-order valence-corrected chi connectivity index (χ4v) is 4.72. The van der Waals surface area contributed by atoms with Crippen LogP contribution in [0.2, 0.25) is 0 Å². The number of fused-ring (bicyclic) bond motifs is 1. The minimum absolute atomic E-state index is 0.0550. The van der Waals surface area contributed by atoms with Crippen LogP contribution in [0.4, 0.5) is 0 Å². The number of carbonyl (C=O) groups excluding carboxylic acids is 1. The average molecular weight is 322 g/mol. The van der Waals surface area contributed by atoms with Crippen molar-refractivity contribution in [3.63, 3.8) is 0 Å². The average Bonchev–Trinajstić information content (AvgIpc) is 3.15. The van der Waals surface area contributed by atoms with E-state index in [1.807, 2.05) is 11.3 Å². The molecule has 2 aliphatic rings. The monoisotopic (exact) mass is 322 g/mol. The second kappa shape index (κ2) is 6.69. The van der Waals surface area contributed by atoms with E-state index >= 15 is 0 Å². The molecule has 0 aromatic carbocycles. The number of hydrogen-bond donors (Lipinski definition) is 0. The molecule has 5 heteroatoms. The highest BCUT2D eigenvalue weighted by molar-refractivity contribution is 7.09. The van der Waals surface area contributed by atoms with Crippen LogP contribution in [-0.2, 0) is 16.1 Å². The van der Waals surface area contributed by atoms with Gasteiger partial charge in [0.25, 0.3) is 0 Å². The fraction of sp³-hybridized carbons (Fsp3) is 0.706. The van der Waals surface area contributed by atoms with E-state index in [2.05, 4.69) is 22.4 Å². The van der Waals surface area contributed by atoms with Gasteiger partial charge in [-0.25, -0.2) is 0 Å². The maximum absolute atomic E-state index is 11.7. The lowest BCUT2D eigenvalue weighted by molar-refractivity contribution is -0.135. The van der Waals surface area contributed by atoms with Gasteiger partial charge in [-0.05, 0) is 30.2 Å². The molecule has 2 heterocycles. The fourth-order valence-electron chi connectivity index (χ4n) is 3.98. The Morgan fingerprint density at radius 2 is 2.41 bits per heavy atom. The van der Waals surface area contributed by atoms with E-state index in [1.165, 1.54) is 30.7 Å². The number of amides is 1. The molecule has 0 spiro atoms. The minimum atomic E-state index is 0.0550. The van der Waals surface area contributed by atoms with Gasteiger partial charge in [0.15, 0.2) is 0 Å². The van der Waals surface area contributed by atoms with Crippen molar-refractivity contribution in [3.05, 3.63) is 22.4 Å². The quantitative estimate of drug-likeness (QED) is 0.806. The SMILES string of the molecule is CN(C)C(=O)COC[C@]12CCC[C@H]1CN(Cc1cccs1)C2. The molecule has 2 atom stereocenters. The van der Waals surface area contributed by atoms with E-state index in [0.717, 1.165) is 25.6 Å². The standard InChI is InChI=1S/C17H26N2O2S/c1-18(2)16(20)11-21-13-17-7-3-5-14(17)9-19(12-17)10-15-6-4-8-22-15/h4,6,8,14H,3,5,7,9-13H2,1-2H3/t14-,17+/m0/s1. The van der Waals surface area contributed by atoms with E-state index in [4.69, 9.17) is 4.74 Å².